The largest absolute Gasteiger partial charge is 0.351 e. The van der Waals surface area contributed by atoms with Crippen molar-refractivity contribution in [3.8, 4) is 28.2 Å². The lowest BCUT2D eigenvalue weighted by molar-refractivity contribution is 0.0951. The maximum atomic E-state index is 12.6. The third-order valence-corrected chi connectivity index (χ3v) is 6.38. The monoisotopic (exact) mass is 513 g/mol. The molecule has 6 nitrogen and oxygen atoms in total. The zero-order valence-electron chi connectivity index (χ0n) is 18.2. The van der Waals surface area contributed by atoms with Crippen molar-refractivity contribution in [1.29, 1.82) is 0 Å². The van der Waals surface area contributed by atoms with Crippen molar-refractivity contribution in [1.82, 2.24) is 14.9 Å². The first kappa shape index (κ1) is 24.2. The Morgan fingerprint density at radius 1 is 1.03 bits per heavy atom. The van der Waals surface area contributed by atoms with E-state index in [9.17, 15) is 13.6 Å². The summed E-state index contributed by atoms with van der Waals surface area (Å²) in [6.45, 7) is 2.26. The summed E-state index contributed by atoms with van der Waals surface area (Å²) < 4.78 is 23.2. The molecule has 0 spiro atoms. The molecule has 1 amide bonds. The van der Waals surface area contributed by atoms with Gasteiger partial charge < -0.3 is 9.87 Å². The van der Waals surface area contributed by atoms with Crippen LogP contribution in [0.1, 0.15) is 23.0 Å². The van der Waals surface area contributed by atoms with Crippen LogP contribution in [-0.4, -0.2) is 30.8 Å². The predicted molar refractivity (Wildman–Crippen MR) is 137 cm³/mol. The standard InChI is InChI=1S/C25H21Cl2N3O3S/c1-2-28-25(31)21-14-30(24(29-21)23-19(26)9-6-10-20(23)27)22-12-11-17(13-18(22)15-34(32)33)16-7-4-3-5-8-16/h3-14H,2,15H2,1H3,(H,28,31)(H,32,33). The van der Waals surface area contributed by atoms with Crippen molar-refractivity contribution >= 4 is 40.2 Å². The number of carbonyl (C=O) groups is 1. The van der Waals surface area contributed by atoms with E-state index in [4.69, 9.17) is 23.2 Å². The zero-order chi connectivity index (χ0) is 24.2. The minimum atomic E-state index is -2.10. The summed E-state index contributed by atoms with van der Waals surface area (Å²) in [5.41, 5.74) is 3.71. The molecule has 0 saturated carbocycles. The van der Waals surface area contributed by atoms with Crippen LogP contribution in [0, 0.1) is 0 Å². The number of benzene rings is 3. The van der Waals surface area contributed by atoms with E-state index in [2.05, 4.69) is 10.3 Å². The quantitative estimate of drug-likeness (QED) is 0.297. The molecule has 2 N–H and O–H groups in total. The zero-order valence-corrected chi connectivity index (χ0v) is 20.5. The second-order valence-corrected chi connectivity index (χ2v) is 9.20. The van der Waals surface area contributed by atoms with Crippen LogP contribution in [-0.2, 0) is 16.8 Å². The molecule has 0 fully saturated rings. The maximum absolute atomic E-state index is 12.6. The molecule has 0 saturated heterocycles. The number of carbonyl (C=O) groups excluding carboxylic acids is 1. The molecule has 3 aromatic carbocycles. The van der Waals surface area contributed by atoms with E-state index < -0.39 is 11.1 Å². The molecule has 0 aliphatic carbocycles. The van der Waals surface area contributed by atoms with Gasteiger partial charge in [-0.15, -0.1) is 0 Å². The van der Waals surface area contributed by atoms with Gasteiger partial charge >= 0.3 is 0 Å². The van der Waals surface area contributed by atoms with Gasteiger partial charge in [-0.1, -0.05) is 65.7 Å². The van der Waals surface area contributed by atoms with E-state index in [1.807, 2.05) is 55.5 Å². The molecular formula is C25H21Cl2N3O3S. The molecule has 4 rings (SSSR count). The average Bonchev–Trinajstić information content (AvgIpc) is 3.24. The Morgan fingerprint density at radius 3 is 2.38 bits per heavy atom. The fourth-order valence-corrected chi connectivity index (χ4v) is 4.76. The van der Waals surface area contributed by atoms with Gasteiger partial charge in [0.1, 0.15) is 11.5 Å². The van der Waals surface area contributed by atoms with E-state index in [-0.39, 0.29) is 17.4 Å². The lowest BCUT2D eigenvalue weighted by Gasteiger charge is -2.15. The maximum Gasteiger partial charge on any atom is 0.271 e. The van der Waals surface area contributed by atoms with Crippen molar-refractivity contribution in [2.75, 3.05) is 6.54 Å². The molecule has 0 aliphatic heterocycles. The lowest BCUT2D eigenvalue weighted by atomic mass is 10.0. The van der Waals surface area contributed by atoms with Crippen LogP contribution in [0.3, 0.4) is 0 Å². The van der Waals surface area contributed by atoms with Gasteiger partial charge in [0.15, 0.2) is 11.1 Å². The highest BCUT2D eigenvalue weighted by molar-refractivity contribution is 7.78. The number of halogens is 2. The average molecular weight is 514 g/mol. The molecule has 1 atom stereocenters. The van der Waals surface area contributed by atoms with Crippen LogP contribution in [0.25, 0.3) is 28.2 Å². The normalized spacial score (nSPS) is 11.9. The summed E-state index contributed by atoms with van der Waals surface area (Å²) in [6.07, 6.45) is 1.58. The van der Waals surface area contributed by atoms with Gasteiger partial charge in [-0.3, -0.25) is 9.36 Å². The Kier molecular flexibility index (Phi) is 7.48. The molecule has 0 bridgehead atoms. The number of nitrogens with zero attached hydrogens (tertiary/aromatic N) is 2. The molecule has 4 aromatic rings. The van der Waals surface area contributed by atoms with Crippen molar-refractivity contribution in [3.05, 3.63) is 94.2 Å². The number of nitrogens with one attached hydrogen (secondary N) is 1. The Morgan fingerprint density at radius 2 is 1.74 bits per heavy atom. The molecule has 1 heterocycles. The van der Waals surface area contributed by atoms with E-state index in [0.29, 0.717) is 39.2 Å². The summed E-state index contributed by atoms with van der Waals surface area (Å²) in [6, 6.07) is 20.4. The molecule has 1 unspecified atom stereocenters. The highest BCUT2D eigenvalue weighted by Crippen LogP contribution is 2.36. The van der Waals surface area contributed by atoms with Crippen molar-refractivity contribution in [3.63, 3.8) is 0 Å². The first-order valence-electron chi connectivity index (χ1n) is 10.5. The second kappa shape index (κ2) is 10.5. The van der Waals surface area contributed by atoms with Crippen LogP contribution in [0.15, 0.2) is 72.9 Å². The summed E-state index contributed by atoms with van der Waals surface area (Å²) in [5.74, 6) is -0.103. The van der Waals surface area contributed by atoms with Gasteiger partial charge in [-0.05, 0) is 47.9 Å². The summed E-state index contributed by atoms with van der Waals surface area (Å²) >= 11 is 10.9. The fourth-order valence-electron chi connectivity index (χ4n) is 3.69. The van der Waals surface area contributed by atoms with Gasteiger partial charge in [0.05, 0.1) is 27.0 Å². The summed E-state index contributed by atoms with van der Waals surface area (Å²) in [7, 11) is 0. The Bertz CT molecular complexity index is 1350. The van der Waals surface area contributed by atoms with Crippen LogP contribution in [0.4, 0.5) is 0 Å². The number of amides is 1. The van der Waals surface area contributed by atoms with Gasteiger partial charge in [0.25, 0.3) is 5.91 Å². The first-order chi connectivity index (χ1) is 16.4. The number of rotatable bonds is 7. The fraction of sp³-hybridized carbons (Fsp3) is 0.120. The molecular weight excluding hydrogens is 493 g/mol. The van der Waals surface area contributed by atoms with Gasteiger partial charge in [0.2, 0.25) is 0 Å². The SMILES string of the molecule is CCNC(=O)c1cn(-c2ccc(-c3ccccc3)cc2CS(=O)O)c(-c2c(Cl)cccc2Cl)n1. The number of aromatic nitrogens is 2. The van der Waals surface area contributed by atoms with E-state index in [1.54, 1.807) is 29.0 Å². The molecule has 9 heteroatoms. The topological polar surface area (TPSA) is 84.2 Å². The number of hydrogen-bond donors (Lipinski definition) is 2. The highest BCUT2D eigenvalue weighted by atomic mass is 35.5. The van der Waals surface area contributed by atoms with E-state index in [1.165, 1.54) is 0 Å². The van der Waals surface area contributed by atoms with Crippen LogP contribution in [0.5, 0.6) is 0 Å². The van der Waals surface area contributed by atoms with E-state index in [0.717, 1.165) is 11.1 Å². The third kappa shape index (κ3) is 5.08. The predicted octanol–water partition coefficient (Wildman–Crippen LogP) is 5.98. The molecule has 0 radical (unpaired) electrons. The summed E-state index contributed by atoms with van der Waals surface area (Å²) in [4.78, 5) is 17.1. The van der Waals surface area contributed by atoms with Gasteiger partial charge in [-0.25, -0.2) is 9.19 Å². The first-order valence-corrected chi connectivity index (χ1v) is 12.5. The second-order valence-electron chi connectivity index (χ2n) is 7.45. The smallest absolute Gasteiger partial charge is 0.271 e. The molecule has 1 aromatic heterocycles. The lowest BCUT2D eigenvalue weighted by Crippen LogP contribution is -2.22. The van der Waals surface area contributed by atoms with Crippen molar-refractivity contribution < 1.29 is 13.6 Å². The van der Waals surface area contributed by atoms with Crippen LogP contribution >= 0.6 is 23.2 Å². The van der Waals surface area contributed by atoms with Crippen molar-refractivity contribution in [2.45, 2.75) is 12.7 Å². The number of hydrogen-bond acceptors (Lipinski definition) is 3. The third-order valence-electron chi connectivity index (χ3n) is 5.19. The Hall–Kier alpha value is -2.97. The van der Waals surface area contributed by atoms with Crippen molar-refractivity contribution in [2.24, 2.45) is 0 Å². The summed E-state index contributed by atoms with van der Waals surface area (Å²) in [5, 5.41) is 3.48. The number of imidazole rings is 1. The Labute approximate surface area is 209 Å². The Balaban J connectivity index is 1.95. The van der Waals surface area contributed by atoms with Gasteiger partial charge in [-0.2, -0.15) is 0 Å². The van der Waals surface area contributed by atoms with Crippen LogP contribution in [0.2, 0.25) is 10.0 Å². The molecule has 34 heavy (non-hydrogen) atoms. The highest BCUT2D eigenvalue weighted by Gasteiger charge is 2.22. The van der Waals surface area contributed by atoms with Crippen LogP contribution < -0.4 is 5.32 Å². The minimum absolute atomic E-state index is 0.111. The molecule has 0 aliphatic rings. The van der Waals surface area contributed by atoms with Gasteiger partial charge in [0, 0.05) is 12.7 Å². The van der Waals surface area contributed by atoms with E-state index >= 15 is 0 Å². The minimum Gasteiger partial charge on any atom is -0.351 e. The molecule has 174 valence electrons.